The maximum atomic E-state index is 11.5. The van der Waals surface area contributed by atoms with Crippen molar-refractivity contribution in [3.8, 4) is 0 Å². The molecule has 2 heteroatoms. The Balaban J connectivity index is 2.23. The number of para-hydroxylation sites is 1. The van der Waals surface area contributed by atoms with Gasteiger partial charge in [-0.15, -0.1) is 0 Å². The van der Waals surface area contributed by atoms with Gasteiger partial charge in [0.1, 0.15) is 0 Å². The highest BCUT2D eigenvalue weighted by molar-refractivity contribution is 5.81. The van der Waals surface area contributed by atoms with Gasteiger partial charge in [0.05, 0.1) is 0 Å². The van der Waals surface area contributed by atoms with E-state index in [4.69, 9.17) is 0 Å². The van der Waals surface area contributed by atoms with Gasteiger partial charge in [-0.1, -0.05) is 44.4 Å². The van der Waals surface area contributed by atoms with Crippen molar-refractivity contribution in [1.82, 2.24) is 4.98 Å². The third-order valence-corrected chi connectivity index (χ3v) is 3.14. The summed E-state index contributed by atoms with van der Waals surface area (Å²) in [5.74, 6) is 0. The largest absolute Gasteiger partial charge is 0.322 e. The number of hydrogen-bond acceptors (Lipinski definition) is 1. The topological polar surface area (TPSA) is 32.9 Å². The summed E-state index contributed by atoms with van der Waals surface area (Å²) in [6.45, 7) is 2.21. The molecule has 0 saturated heterocycles. The van der Waals surface area contributed by atoms with Crippen LogP contribution in [0.5, 0.6) is 0 Å². The number of aromatic amines is 1. The number of aryl methyl sites for hydroxylation is 1. The standard InChI is InChI=1S/C15H19NO/c1-2-3-4-5-8-12-11-15(17)16-14-10-7-6-9-13(12)14/h6-7,9-11H,2-5,8H2,1H3,(H,16,17). The first kappa shape index (κ1) is 11.9. The van der Waals surface area contributed by atoms with Crippen LogP contribution in [0, 0.1) is 0 Å². The van der Waals surface area contributed by atoms with Crippen molar-refractivity contribution in [3.63, 3.8) is 0 Å². The van der Waals surface area contributed by atoms with Gasteiger partial charge in [0.2, 0.25) is 5.56 Å². The van der Waals surface area contributed by atoms with E-state index in [1.807, 2.05) is 18.2 Å². The van der Waals surface area contributed by atoms with Crippen LogP contribution in [0.4, 0.5) is 0 Å². The van der Waals surface area contributed by atoms with Crippen molar-refractivity contribution in [3.05, 3.63) is 46.2 Å². The second-order valence-corrected chi connectivity index (χ2v) is 4.52. The summed E-state index contributed by atoms with van der Waals surface area (Å²) in [5.41, 5.74) is 2.14. The van der Waals surface area contributed by atoms with E-state index in [-0.39, 0.29) is 5.56 Å². The summed E-state index contributed by atoms with van der Waals surface area (Å²) < 4.78 is 0. The molecule has 1 aromatic carbocycles. The first-order valence-electron chi connectivity index (χ1n) is 6.42. The van der Waals surface area contributed by atoms with Crippen LogP contribution in [-0.4, -0.2) is 4.98 Å². The first-order chi connectivity index (χ1) is 8.31. The lowest BCUT2D eigenvalue weighted by Crippen LogP contribution is -2.06. The molecule has 0 unspecified atom stereocenters. The van der Waals surface area contributed by atoms with Gasteiger partial charge in [-0.05, 0) is 24.5 Å². The molecule has 1 aromatic heterocycles. The lowest BCUT2D eigenvalue weighted by atomic mass is 10.0. The van der Waals surface area contributed by atoms with E-state index >= 15 is 0 Å². The van der Waals surface area contributed by atoms with Gasteiger partial charge in [-0.25, -0.2) is 0 Å². The maximum Gasteiger partial charge on any atom is 0.248 e. The van der Waals surface area contributed by atoms with Crippen LogP contribution in [0.15, 0.2) is 35.1 Å². The summed E-state index contributed by atoms with van der Waals surface area (Å²) in [7, 11) is 0. The zero-order chi connectivity index (χ0) is 12.1. The van der Waals surface area contributed by atoms with Gasteiger partial charge in [0, 0.05) is 17.0 Å². The van der Waals surface area contributed by atoms with Gasteiger partial charge >= 0.3 is 0 Å². The molecule has 0 radical (unpaired) electrons. The fourth-order valence-corrected chi connectivity index (χ4v) is 2.23. The van der Waals surface area contributed by atoms with E-state index in [0.29, 0.717) is 0 Å². The quantitative estimate of drug-likeness (QED) is 0.780. The fourth-order valence-electron chi connectivity index (χ4n) is 2.23. The number of nitrogens with one attached hydrogen (secondary N) is 1. The highest BCUT2D eigenvalue weighted by atomic mass is 16.1. The lowest BCUT2D eigenvalue weighted by molar-refractivity contribution is 0.668. The number of unbranched alkanes of at least 4 members (excludes halogenated alkanes) is 3. The number of aromatic nitrogens is 1. The normalized spacial score (nSPS) is 10.9. The van der Waals surface area contributed by atoms with Crippen molar-refractivity contribution in [2.45, 2.75) is 39.0 Å². The predicted octanol–water partition coefficient (Wildman–Crippen LogP) is 3.65. The Morgan fingerprint density at radius 2 is 1.94 bits per heavy atom. The Hall–Kier alpha value is -1.57. The summed E-state index contributed by atoms with van der Waals surface area (Å²) in [5, 5.41) is 1.18. The van der Waals surface area contributed by atoms with Gasteiger partial charge < -0.3 is 4.98 Å². The molecular formula is C15H19NO. The molecule has 0 aliphatic heterocycles. The smallest absolute Gasteiger partial charge is 0.248 e. The minimum Gasteiger partial charge on any atom is -0.322 e. The van der Waals surface area contributed by atoms with E-state index < -0.39 is 0 Å². The Labute approximate surface area is 102 Å². The number of fused-ring (bicyclic) bond motifs is 1. The Morgan fingerprint density at radius 1 is 1.12 bits per heavy atom. The lowest BCUT2D eigenvalue weighted by Gasteiger charge is -2.05. The minimum absolute atomic E-state index is 0.00851. The molecule has 0 aliphatic carbocycles. The van der Waals surface area contributed by atoms with Gasteiger partial charge in [0.25, 0.3) is 0 Å². The summed E-state index contributed by atoms with van der Waals surface area (Å²) >= 11 is 0. The van der Waals surface area contributed by atoms with Gasteiger partial charge in [-0.2, -0.15) is 0 Å². The molecule has 1 heterocycles. The molecule has 0 aliphatic rings. The Morgan fingerprint density at radius 3 is 2.76 bits per heavy atom. The number of hydrogen-bond donors (Lipinski definition) is 1. The van der Waals surface area contributed by atoms with Crippen molar-refractivity contribution in [2.24, 2.45) is 0 Å². The fraction of sp³-hybridized carbons (Fsp3) is 0.400. The van der Waals surface area contributed by atoms with Crippen LogP contribution in [0.2, 0.25) is 0 Å². The highest BCUT2D eigenvalue weighted by Gasteiger charge is 2.02. The molecule has 2 nitrogen and oxygen atoms in total. The maximum absolute atomic E-state index is 11.5. The number of benzene rings is 1. The molecule has 0 spiro atoms. The van der Waals surface area contributed by atoms with Crippen molar-refractivity contribution in [2.75, 3.05) is 0 Å². The van der Waals surface area contributed by atoms with E-state index in [0.717, 1.165) is 11.9 Å². The zero-order valence-electron chi connectivity index (χ0n) is 10.3. The zero-order valence-corrected chi connectivity index (χ0v) is 10.3. The van der Waals surface area contributed by atoms with E-state index in [9.17, 15) is 4.79 Å². The van der Waals surface area contributed by atoms with Crippen molar-refractivity contribution in [1.29, 1.82) is 0 Å². The van der Waals surface area contributed by atoms with Crippen LogP contribution in [-0.2, 0) is 6.42 Å². The average Bonchev–Trinajstić information content (AvgIpc) is 2.34. The summed E-state index contributed by atoms with van der Waals surface area (Å²) in [6.07, 6.45) is 5.95. The second kappa shape index (κ2) is 5.67. The average molecular weight is 229 g/mol. The van der Waals surface area contributed by atoms with E-state index in [1.165, 1.54) is 36.6 Å². The molecule has 2 aromatic rings. The molecule has 2 rings (SSSR count). The monoisotopic (exact) mass is 229 g/mol. The predicted molar refractivity (Wildman–Crippen MR) is 72.4 cm³/mol. The third kappa shape index (κ3) is 2.96. The second-order valence-electron chi connectivity index (χ2n) is 4.52. The Kier molecular flexibility index (Phi) is 3.97. The molecule has 17 heavy (non-hydrogen) atoms. The van der Waals surface area contributed by atoms with Crippen molar-refractivity contribution < 1.29 is 0 Å². The SMILES string of the molecule is CCCCCCc1cc(=O)[nH]c2ccccc12. The van der Waals surface area contributed by atoms with Crippen LogP contribution in [0.1, 0.15) is 38.2 Å². The minimum atomic E-state index is 0.00851. The molecule has 0 fully saturated rings. The number of rotatable bonds is 5. The molecule has 0 bridgehead atoms. The molecule has 1 N–H and O–H groups in total. The molecule has 0 amide bonds. The molecule has 0 atom stereocenters. The molecular weight excluding hydrogens is 210 g/mol. The highest BCUT2D eigenvalue weighted by Crippen LogP contribution is 2.17. The summed E-state index contributed by atoms with van der Waals surface area (Å²) in [4.78, 5) is 14.4. The van der Waals surface area contributed by atoms with Crippen LogP contribution in [0.25, 0.3) is 10.9 Å². The molecule has 90 valence electrons. The van der Waals surface area contributed by atoms with Gasteiger partial charge in [-0.3, -0.25) is 4.79 Å². The van der Waals surface area contributed by atoms with Gasteiger partial charge in [0.15, 0.2) is 0 Å². The first-order valence-corrected chi connectivity index (χ1v) is 6.42. The van der Waals surface area contributed by atoms with Crippen LogP contribution < -0.4 is 5.56 Å². The molecule has 0 saturated carbocycles. The third-order valence-electron chi connectivity index (χ3n) is 3.14. The number of H-pyrrole nitrogens is 1. The Bertz CT molecular complexity index is 542. The van der Waals surface area contributed by atoms with Crippen LogP contribution in [0.3, 0.4) is 0 Å². The van der Waals surface area contributed by atoms with E-state index in [1.54, 1.807) is 6.07 Å². The van der Waals surface area contributed by atoms with Crippen molar-refractivity contribution >= 4 is 10.9 Å². The number of pyridine rings is 1. The van der Waals surface area contributed by atoms with E-state index in [2.05, 4.69) is 18.0 Å². The summed E-state index contributed by atoms with van der Waals surface area (Å²) in [6, 6.07) is 9.77. The van der Waals surface area contributed by atoms with Crippen LogP contribution >= 0.6 is 0 Å².